The summed E-state index contributed by atoms with van der Waals surface area (Å²) < 4.78 is 1.76. The highest BCUT2D eigenvalue weighted by Gasteiger charge is 2.24. The Hall–Kier alpha value is -1.94. The van der Waals surface area contributed by atoms with Gasteiger partial charge in [-0.2, -0.15) is 0 Å². The van der Waals surface area contributed by atoms with E-state index in [0.29, 0.717) is 5.92 Å². The van der Waals surface area contributed by atoms with Gasteiger partial charge in [-0.05, 0) is 56.7 Å². The van der Waals surface area contributed by atoms with E-state index in [4.69, 9.17) is 4.98 Å². The number of rotatable bonds is 1. The zero-order chi connectivity index (χ0) is 16.1. The molecule has 0 fully saturated rings. The van der Waals surface area contributed by atoms with Gasteiger partial charge >= 0.3 is 0 Å². The van der Waals surface area contributed by atoms with Crippen molar-refractivity contribution in [1.29, 1.82) is 0 Å². The van der Waals surface area contributed by atoms with E-state index in [9.17, 15) is 4.79 Å². The van der Waals surface area contributed by atoms with Crippen molar-refractivity contribution in [2.75, 3.05) is 0 Å². The first-order chi connectivity index (χ1) is 11.0. The number of nitrogens with zero attached hydrogens (tertiary/aromatic N) is 2. The van der Waals surface area contributed by atoms with Gasteiger partial charge in [-0.15, -0.1) is 11.3 Å². The zero-order valence-corrected chi connectivity index (χ0v) is 14.5. The summed E-state index contributed by atoms with van der Waals surface area (Å²) in [5.74, 6) is 1.47. The van der Waals surface area contributed by atoms with Gasteiger partial charge in [-0.1, -0.05) is 24.6 Å². The first-order valence-electron chi connectivity index (χ1n) is 8.15. The summed E-state index contributed by atoms with van der Waals surface area (Å²) >= 11 is 1.71. The lowest BCUT2D eigenvalue weighted by atomic mass is 9.89. The van der Waals surface area contributed by atoms with Gasteiger partial charge in [0.05, 0.1) is 11.1 Å². The van der Waals surface area contributed by atoms with Crippen molar-refractivity contribution in [2.24, 2.45) is 5.92 Å². The molecule has 0 spiro atoms. The standard InChI is InChI=1S/C19H20N2OS/c1-11-4-7-14(8-5-11)21-13(3)20-18-17(19(21)22)15-9-6-12(2)10-16(15)23-18/h4-5,7-8,12H,6,9-10H2,1-3H3/t12-/m0/s1. The Balaban J connectivity index is 2.00. The summed E-state index contributed by atoms with van der Waals surface area (Å²) in [4.78, 5) is 20.2. The van der Waals surface area contributed by atoms with Gasteiger partial charge in [0.25, 0.3) is 5.56 Å². The molecule has 4 heteroatoms. The van der Waals surface area contributed by atoms with Gasteiger partial charge in [0.1, 0.15) is 10.7 Å². The normalized spacial score (nSPS) is 17.4. The molecule has 0 N–H and O–H groups in total. The lowest BCUT2D eigenvalue weighted by Gasteiger charge is -2.17. The Bertz CT molecular complexity index is 950. The molecule has 23 heavy (non-hydrogen) atoms. The summed E-state index contributed by atoms with van der Waals surface area (Å²) in [6.07, 6.45) is 3.25. The van der Waals surface area contributed by atoms with E-state index in [2.05, 4.69) is 13.8 Å². The van der Waals surface area contributed by atoms with Crippen LogP contribution >= 0.6 is 11.3 Å². The molecule has 2 heterocycles. The van der Waals surface area contributed by atoms with Crippen LogP contribution in [-0.4, -0.2) is 9.55 Å². The Labute approximate surface area is 139 Å². The minimum Gasteiger partial charge on any atom is -0.268 e. The fourth-order valence-corrected chi connectivity index (χ4v) is 4.91. The summed E-state index contributed by atoms with van der Waals surface area (Å²) in [7, 11) is 0. The Morgan fingerprint density at radius 1 is 1.22 bits per heavy atom. The van der Waals surface area contributed by atoms with Crippen LogP contribution in [-0.2, 0) is 12.8 Å². The molecule has 3 nitrogen and oxygen atoms in total. The van der Waals surface area contributed by atoms with Gasteiger partial charge in [0, 0.05) is 4.88 Å². The van der Waals surface area contributed by atoms with Gasteiger partial charge in [-0.3, -0.25) is 9.36 Å². The third-order valence-electron chi connectivity index (χ3n) is 4.79. The van der Waals surface area contributed by atoms with E-state index in [1.165, 1.54) is 16.0 Å². The number of benzene rings is 1. The average molecular weight is 324 g/mol. The predicted octanol–water partition coefficient (Wildman–Crippen LogP) is 4.19. The molecular weight excluding hydrogens is 304 g/mol. The van der Waals surface area contributed by atoms with Crippen LogP contribution < -0.4 is 5.56 Å². The third kappa shape index (κ3) is 2.32. The average Bonchev–Trinajstić information content (AvgIpc) is 2.86. The Morgan fingerprint density at radius 3 is 2.70 bits per heavy atom. The number of thiophene rings is 1. The van der Waals surface area contributed by atoms with Crippen molar-refractivity contribution < 1.29 is 0 Å². The Kier molecular flexibility index (Phi) is 3.38. The van der Waals surface area contributed by atoms with Crippen LogP contribution in [0.25, 0.3) is 15.9 Å². The fourth-order valence-electron chi connectivity index (χ4n) is 3.49. The number of hydrogen-bond donors (Lipinski definition) is 0. The number of aromatic nitrogens is 2. The first-order valence-corrected chi connectivity index (χ1v) is 8.97. The van der Waals surface area contributed by atoms with Crippen LogP contribution in [0.5, 0.6) is 0 Å². The smallest absolute Gasteiger partial charge is 0.267 e. The molecule has 0 saturated heterocycles. The van der Waals surface area contributed by atoms with Crippen LogP contribution in [0.3, 0.4) is 0 Å². The van der Waals surface area contributed by atoms with Crippen LogP contribution in [0.2, 0.25) is 0 Å². The molecule has 4 rings (SSSR count). The van der Waals surface area contributed by atoms with Crippen LogP contribution in [0.1, 0.15) is 35.2 Å². The minimum atomic E-state index is 0.0865. The van der Waals surface area contributed by atoms with E-state index >= 15 is 0 Å². The maximum Gasteiger partial charge on any atom is 0.267 e. The van der Waals surface area contributed by atoms with Crippen molar-refractivity contribution in [3.8, 4) is 5.69 Å². The molecule has 3 aromatic rings. The molecule has 0 amide bonds. The third-order valence-corrected chi connectivity index (χ3v) is 5.94. The van der Waals surface area contributed by atoms with Crippen molar-refractivity contribution in [3.05, 3.63) is 56.4 Å². The van der Waals surface area contributed by atoms with E-state index in [1.54, 1.807) is 15.9 Å². The molecule has 2 aromatic heterocycles. The van der Waals surface area contributed by atoms with Gasteiger partial charge in [-0.25, -0.2) is 4.98 Å². The monoisotopic (exact) mass is 324 g/mol. The van der Waals surface area contributed by atoms with E-state index < -0.39 is 0 Å². The van der Waals surface area contributed by atoms with Crippen molar-refractivity contribution in [3.63, 3.8) is 0 Å². The molecule has 1 aromatic carbocycles. The first kappa shape index (κ1) is 14.6. The molecule has 0 radical (unpaired) electrons. The van der Waals surface area contributed by atoms with Gasteiger partial charge < -0.3 is 0 Å². The molecule has 0 saturated carbocycles. The maximum absolute atomic E-state index is 13.2. The van der Waals surface area contributed by atoms with Gasteiger partial charge in [0.2, 0.25) is 0 Å². The van der Waals surface area contributed by atoms with E-state index in [-0.39, 0.29) is 5.56 Å². The van der Waals surface area contributed by atoms with Crippen LogP contribution in [0.4, 0.5) is 0 Å². The summed E-state index contributed by atoms with van der Waals surface area (Å²) in [6, 6.07) is 8.07. The highest BCUT2D eigenvalue weighted by atomic mass is 32.1. The number of fused-ring (bicyclic) bond motifs is 3. The highest BCUT2D eigenvalue weighted by Crippen LogP contribution is 2.36. The van der Waals surface area contributed by atoms with Crippen molar-refractivity contribution in [1.82, 2.24) is 9.55 Å². The largest absolute Gasteiger partial charge is 0.268 e. The summed E-state index contributed by atoms with van der Waals surface area (Å²) in [5, 5.41) is 0.850. The van der Waals surface area contributed by atoms with Crippen LogP contribution in [0.15, 0.2) is 29.1 Å². The SMILES string of the molecule is Cc1ccc(-n2c(C)nc3sc4c(c3c2=O)CC[C@H](C)C4)cc1. The zero-order valence-electron chi connectivity index (χ0n) is 13.7. The quantitative estimate of drug-likeness (QED) is 0.673. The molecule has 1 atom stereocenters. The lowest BCUT2D eigenvalue weighted by molar-refractivity contribution is 0.509. The topological polar surface area (TPSA) is 34.9 Å². The summed E-state index contributed by atoms with van der Waals surface area (Å²) in [6.45, 7) is 6.26. The minimum absolute atomic E-state index is 0.0865. The van der Waals surface area contributed by atoms with Crippen molar-refractivity contribution in [2.45, 2.75) is 40.0 Å². The molecule has 0 aliphatic heterocycles. The van der Waals surface area contributed by atoms with Gasteiger partial charge in [0.15, 0.2) is 0 Å². The second-order valence-corrected chi connectivity index (χ2v) is 7.75. The molecule has 0 unspecified atom stereocenters. The highest BCUT2D eigenvalue weighted by molar-refractivity contribution is 7.18. The second kappa shape index (κ2) is 5.31. The molecule has 1 aliphatic carbocycles. The lowest BCUT2D eigenvalue weighted by Crippen LogP contribution is -2.23. The molecule has 118 valence electrons. The molecule has 1 aliphatic rings. The number of aryl methyl sites for hydroxylation is 3. The van der Waals surface area contributed by atoms with Crippen LogP contribution in [0, 0.1) is 19.8 Å². The predicted molar refractivity (Wildman–Crippen MR) is 95.9 cm³/mol. The summed E-state index contributed by atoms with van der Waals surface area (Å²) in [5.41, 5.74) is 3.43. The van der Waals surface area contributed by atoms with E-state index in [1.807, 2.05) is 31.2 Å². The molecule has 0 bridgehead atoms. The molecular formula is C19H20N2OS. The number of hydrogen-bond acceptors (Lipinski definition) is 3. The second-order valence-electron chi connectivity index (χ2n) is 6.67. The maximum atomic E-state index is 13.2. The Morgan fingerprint density at radius 2 is 1.96 bits per heavy atom. The van der Waals surface area contributed by atoms with Crippen molar-refractivity contribution >= 4 is 21.6 Å². The van der Waals surface area contributed by atoms with E-state index in [0.717, 1.165) is 41.0 Å². The fraction of sp³-hybridized carbons (Fsp3) is 0.368.